The number of nitrogens with zero attached hydrogens (tertiary/aromatic N) is 1. The Labute approximate surface area is 127 Å². The van der Waals surface area contributed by atoms with Gasteiger partial charge in [0.15, 0.2) is 0 Å². The van der Waals surface area contributed by atoms with Crippen LogP contribution in [0.25, 0.3) is 0 Å². The molecule has 2 aliphatic rings. The fourth-order valence-corrected chi connectivity index (χ4v) is 3.46. The van der Waals surface area contributed by atoms with E-state index in [4.69, 9.17) is 4.74 Å². The second kappa shape index (κ2) is 5.92. The van der Waals surface area contributed by atoms with Crippen LogP contribution in [0.15, 0.2) is 18.2 Å². The number of carbonyl (C=O) groups excluding carboxylic acids is 1. The second-order valence-electron chi connectivity index (χ2n) is 5.80. The predicted octanol–water partition coefficient (Wildman–Crippen LogP) is 1.99. The minimum atomic E-state index is -0.701. The lowest BCUT2D eigenvalue weighted by molar-refractivity contribution is -0.385. The van der Waals surface area contributed by atoms with Crippen LogP contribution in [0.2, 0.25) is 0 Å². The van der Waals surface area contributed by atoms with E-state index in [1.807, 2.05) is 0 Å². The van der Waals surface area contributed by atoms with Crippen LogP contribution in [0.5, 0.6) is 5.75 Å². The fraction of sp³-hybridized carbons (Fsp3) is 0.533. The minimum Gasteiger partial charge on any atom is -0.502 e. The summed E-state index contributed by atoms with van der Waals surface area (Å²) in [4.78, 5) is 22.5. The molecular weight excluding hydrogens is 288 g/mol. The van der Waals surface area contributed by atoms with E-state index in [1.54, 1.807) is 0 Å². The van der Waals surface area contributed by atoms with Crippen LogP contribution in [0.3, 0.4) is 0 Å². The Bertz CT molecular complexity index is 604. The van der Waals surface area contributed by atoms with Gasteiger partial charge in [0.25, 0.3) is 5.91 Å². The Hall–Kier alpha value is -2.15. The predicted molar refractivity (Wildman–Crippen MR) is 77.7 cm³/mol. The van der Waals surface area contributed by atoms with Crippen molar-refractivity contribution in [2.75, 3.05) is 6.61 Å². The van der Waals surface area contributed by atoms with Crippen molar-refractivity contribution in [1.29, 1.82) is 0 Å². The van der Waals surface area contributed by atoms with Crippen LogP contribution >= 0.6 is 0 Å². The van der Waals surface area contributed by atoms with Crippen molar-refractivity contribution < 1.29 is 19.6 Å². The summed E-state index contributed by atoms with van der Waals surface area (Å²) < 4.78 is 5.66. The third-order valence-corrected chi connectivity index (χ3v) is 4.55. The third kappa shape index (κ3) is 2.64. The number of phenols is 1. The zero-order valence-corrected chi connectivity index (χ0v) is 12.0. The smallest absolute Gasteiger partial charge is 0.311 e. The second-order valence-corrected chi connectivity index (χ2v) is 5.80. The van der Waals surface area contributed by atoms with E-state index in [1.165, 1.54) is 18.2 Å². The van der Waals surface area contributed by atoms with Crippen molar-refractivity contribution in [1.82, 2.24) is 5.32 Å². The topological polar surface area (TPSA) is 102 Å². The van der Waals surface area contributed by atoms with Crippen molar-refractivity contribution in [3.8, 4) is 5.75 Å². The molecular formula is C15H18N2O5. The van der Waals surface area contributed by atoms with Crippen molar-refractivity contribution in [3.05, 3.63) is 33.9 Å². The molecule has 1 aliphatic carbocycles. The molecule has 0 aromatic heterocycles. The first-order chi connectivity index (χ1) is 10.6. The Balaban J connectivity index is 1.77. The summed E-state index contributed by atoms with van der Waals surface area (Å²) >= 11 is 0. The van der Waals surface area contributed by atoms with Crippen LogP contribution in [0.1, 0.15) is 36.0 Å². The number of phenolic OH excluding ortho intramolecular Hbond substituents is 1. The number of ether oxygens (including phenoxy) is 1. The molecule has 1 aliphatic heterocycles. The number of nitro groups is 1. The van der Waals surface area contributed by atoms with Gasteiger partial charge in [-0.3, -0.25) is 14.9 Å². The SMILES string of the molecule is O=C(N[C@@H]1CCC[C@@H]2OCC[C@@H]21)c1cccc([N+](=O)[O-])c1O. The molecule has 2 fully saturated rings. The normalized spacial score (nSPS) is 27.2. The maximum absolute atomic E-state index is 12.4. The molecule has 7 nitrogen and oxygen atoms in total. The number of rotatable bonds is 3. The van der Waals surface area contributed by atoms with Crippen LogP contribution in [0.4, 0.5) is 5.69 Å². The first kappa shape index (κ1) is 14.8. The molecule has 22 heavy (non-hydrogen) atoms. The molecule has 2 N–H and O–H groups in total. The summed E-state index contributed by atoms with van der Waals surface area (Å²) in [6, 6.07) is 3.96. The number of carbonyl (C=O) groups is 1. The summed E-state index contributed by atoms with van der Waals surface area (Å²) in [5.41, 5.74) is -0.520. The highest BCUT2D eigenvalue weighted by molar-refractivity contribution is 5.98. The Morgan fingerprint density at radius 1 is 1.36 bits per heavy atom. The van der Waals surface area contributed by atoms with Gasteiger partial charge < -0.3 is 15.2 Å². The molecule has 118 valence electrons. The number of nitrogens with one attached hydrogen (secondary N) is 1. The van der Waals surface area contributed by atoms with Gasteiger partial charge in [0.2, 0.25) is 5.75 Å². The molecule has 1 aromatic rings. The third-order valence-electron chi connectivity index (χ3n) is 4.55. The van der Waals surface area contributed by atoms with E-state index >= 15 is 0 Å². The molecule has 1 saturated carbocycles. The zero-order chi connectivity index (χ0) is 15.7. The van der Waals surface area contributed by atoms with Gasteiger partial charge in [-0.1, -0.05) is 6.07 Å². The fourth-order valence-electron chi connectivity index (χ4n) is 3.46. The van der Waals surface area contributed by atoms with Crippen molar-refractivity contribution in [2.45, 2.75) is 37.8 Å². The van der Waals surface area contributed by atoms with Gasteiger partial charge in [-0.05, 0) is 31.7 Å². The molecule has 7 heteroatoms. The molecule has 1 aromatic carbocycles. The summed E-state index contributed by atoms with van der Waals surface area (Å²) in [6.45, 7) is 0.712. The van der Waals surface area contributed by atoms with Gasteiger partial charge >= 0.3 is 5.69 Å². The Morgan fingerprint density at radius 3 is 2.95 bits per heavy atom. The van der Waals surface area contributed by atoms with Crippen molar-refractivity contribution >= 4 is 11.6 Å². The summed E-state index contributed by atoms with van der Waals surface area (Å²) in [6.07, 6.45) is 3.96. The largest absolute Gasteiger partial charge is 0.502 e. The van der Waals surface area contributed by atoms with Crippen molar-refractivity contribution in [2.24, 2.45) is 5.92 Å². The number of aromatic hydroxyl groups is 1. The van der Waals surface area contributed by atoms with Crippen LogP contribution in [-0.2, 0) is 4.74 Å². The first-order valence-corrected chi connectivity index (χ1v) is 7.46. The molecule has 3 atom stereocenters. The maximum atomic E-state index is 12.4. The molecule has 1 saturated heterocycles. The number of hydrogen-bond donors (Lipinski definition) is 2. The average Bonchev–Trinajstić information content (AvgIpc) is 2.96. The standard InChI is InChI=1S/C15H18N2O5/c18-14-10(3-1-5-12(14)17(20)21)15(19)16-11-4-2-6-13-9(11)7-8-22-13/h1,3,5,9,11,13,18H,2,4,6-8H2,(H,16,19)/t9-,11-,13+/m1/s1. The highest BCUT2D eigenvalue weighted by Crippen LogP contribution is 2.35. The maximum Gasteiger partial charge on any atom is 0.311 e. The van der Waals surface area contributed by atoms with Crippen LogP contribution < -0.4 is 5.32 Å². The lowest BCUT2D eigenvalue weighted by Gasteiger charge is -2.33. The van der Waals surface area contributed by atoms with Crippen molar-refractivity contribution in [3.63, 3.8) is 0 Å². The summed E-state index contributed by atoms with van der Waals surface area (Å²) in [5, 5.41) is 23.7. The van der Waals surface area contributed by atoms with Crippen LogP contribution in [-0.4, -0.2) is 34.7 Å². The molecule has 0 unspecified atom stereocenters. The van der Waals surface area contributed by atoms with Gasteiger partial charge in [-0.15, -0.1) is 0 Å². The number of nitro benzene ring substituents is 1. The average molecular weight is 306 g/mol. The molecule has 0 bridgehead atoms. The zero-order valence-electron chi connectivity index (χ0n) is 12.0. The first-order valence-electron chi connectivity index (χ1n) is 7.46. The number of amides is 1. The summed E-state index contributed by atoms with van der Waals surface area (Å²) in [5.74, 6) is -0.766. The van der Waals surface area contributed by atoms with Gasteiger partial charge in [0.1, 0.15) is 0 Å². The molecule has 1 amide bonds. The number of para-hydroxylation sites is 1. The highest BCUT2D eigenvalue weighted by atomic mass is 16.6. The lowest BCUT2D eigenvalue weighted by Crippen LogP contribution is -2.45. The molecule has 1 heterocycles. The van der Waals surface area contributed by atoms with Gasteiger partial charge in [0, 0.05) is 24.6 Å². The van der Waals surface area contributed by atoms with Crippen LogP contribution in [0, 0.1) is 16.0 Å². The van der Waals surface area contributed by atoms with Gasteiger partial charge in [0.05, 0.1) is 16.6 Å². The van der Waals surface area contributed by atoms with Gasteiger partial charge in [-0.25, -0.2) is 0 Å². The summed E-state index contributed by atoms with van der Waals surface area (Å²) in [7, 11) is 0. The number of benzene rings is 1. The Morgan fingerprint density at radius 2 is 2.18 bits per heavy atom. The highest BCUT2D eigenvalue weighted by Gasteiger charge is 2.38. The van der Waals surface area contributed by atoms with E-state index in [2.05, 4.69) is 5.32 Å². The van der Waals surface area contributed by atoms with Gasteiger partial charge in [-0.2, -0.15) is 0 Å². The van der Waals surface area contributed by atoms with E-state index in [-0.39, 0.29) is 17.7 Å². The Kier molecular flexibility index (Phi) is 3.98. The minimum absolute atomic E-state index is 0.00703. The monoisotopic (exact) mass is 306 g/mol. The molecule has 3 rings (SSSR count). The molecule has 0 spiro atoms. The van der Waals surface area contributed by atoms with E-state index in [0.29, 0.717) is 12.5 Å². The number of fused-ring (bicyclic) bond motifs is 1. The number of hydrogen-bond acceptors (Lipinski definition) is 5. The van der Waals surface area contributed by atoms with E-state index in [9.17, 15) is 20.0 Å². The van der Waals surface area contributed by atoms with E-state index in [0.717, 1.165) is 25.7 Å². The lowest BCUT2D eigenvalue weighted by atomic mass is 9.81. The molecule has 0 radical (unpaired) electrons. The quantitative estimate of drug-likeness (QED) is 0.657. The van der Waals surface area contributed by atoms with E-state index < -0.39 is 22.3 Å².